The Hall–Kier alpha value is -0.120. The number of hydrogen-bond acceptors (Lipinski definition) is 0. The maximum absolute atomic E-state index is 2.40. The molecule has 0 atom stereocenters. The number of nitrogens with two attached hydrogens (primary N) is 1. The third-order valence-electron chi connectivity index (χ3n) is 1.70. The molecule has 0 aromatic carbocycles. The summed E-state index contributed by atoms with van der Waals surface area (Å²) in [7, 11) is 8.80. The summed E-state index contributed by atoms with van der Waals surface area (Å²) in [6, 6.07) is 0. The fourth-order valence-electron chi connectivity index (χ4n) is 0.926. The van der Waals surface area contributed by atoms with Crippen LogP contribution in [0.3, 0.4) is 0 Å². The topological polar surface area (TPSA) is 25.5 Å². The zero-order valence-electron chi connectivity index (χ0n) is 8.41. The first-order valence-corrected chi connectivity index (χ1v) is 4.52. The van der Waals surface area contributed by atoms with E-state index in [1.54, 1.807) is 9.80 Å². The van der Waals surface area contributed by atoms with Crippen LogP contribution in [0.2, 0.25) is 0 Å². The molecule has 0 saturated heterocycles. The Balaban J connectivity index is 2.91. The van der Waals surface area contributed by atoms with Gasteiger partial charge in [0.15, 0.2) is 0 Å². The van der Waals surface area contributed by atoms with Gasteiger partial charge in [-0.05, 0) is 0 Å². The predicted octanol–water partition coefficient (Wildman–Crippen LogP) is -4.16. The molecule has 4 N–H and O–H groups in total. The maximum atomic E-state index is 2.40. The largest absolute Gasteiger partial charge is 0.337 e. The van der Waals surface area contributed by atoms with Crippen LogP contribution in [-0.4, -0.2) is 54.4 Å². The van der Waals surface area contributed by atoms with Gasteiger partial charge >= 0.3 is 0 Å². The Labute approximate surface area is 70.4 Å². The molecule has 0 aromatic rings. The molecule has 0 bridgehead atoms. The highest BCUT2D eigenvalue weighted by atomic mass is 15.1. The standard InChI is InChI=1S/C8H21N3/c1-10(2)7-5-9-6-8-11(3)4/h9H,5-8H2,1-4H3/p+3. The van der Waals surface area contributed by atoms with Gasteiger partial charge < -0.3 is 15.1 Å². The Morgan fingerprint density at radius 3 is 1.45 bits per heavy atom. The van der Waals surface area contributed by atoms with E-state index in [4.69, 9.17) is 0 Å². The molecule has 0 amide bonds. The number of likely N-dealkylation sites (N-methyl/N-ethyl adjacent to an activating group) is 2. The lowest BCUT2D eigenvalue weighted by Crippen LogP contribution is -3.12. The van der Waals surface area contributed by atoms with Gasteiger partial charge in [-0.3, -0.25) is 0 Å². The summed E-state index contributed by atoms with van der Waals surface area (Å²) in [6.07, 6.45) is 0. The molecule has 0 radical (unpaired) electrons. The lowest BCUT2D eigenvalue weighted by molar-refractivity contribution is -0.890. The molecule has 3 nitrogen and oxygen atoms in total. The van der Waals surface area contributed by atoms with Crippen LogP contribution in [0.25, 0.3) is 0 Å². The average molecular weight is 162 g/mol. The highest BCUT2D eigenvalue weighted by Crippen LogP contribution is 1.36. The van der Waals surface area contributed by atoms with Crippen molar-refractivity contribution in [3.05, 3.63) is 0 Å². The van der Waals surface area contributed by atoms with E-state index < -0.39 is 0 Å². The number of quaternary nitrogens is 3. The van der Waals surface area contributed by atoms with Crippen molar-refractivity contribution >= 4 is 0 Å². The molecule has 0 aliphatic heterocycles. The van der Waals surface area contributed by atoms with Crippen molar-refractivity contribution in [2.45, 2.75) is 0 Å². The van der Waals surface area contributed by atoms with Gasteiger partial charge in [0.2, 0.25) is 0 Å². The van der Waals surface area contributed by atoms with Crippen molar-refractivity contribution in [3.8, 4) is 0 Å². The van der Waals surface area contributed by atoms with Crippen molar-refractivity contribution in [3.63, 3.8) is 0 Å². The highest BCUT2D eigenvalue weighted by molar-refractivity contribution is 4.18. The van der Waals surface area contributed by atoms with Crippen molar-refractivity contribution in [1.29, 1.82) is 0 Å². The van der Waals surface area contributed by atoms with Crippen LogP contribution in [0.1, 0.15) is 0 Å². The number of nitrogens with one attached hydrogen (secondary N) is 2. The lowest BCUT2D eigenvalue weighted by Gasteiger charge is -2.07. The van der Waals surface area contributed by atoms with Gasteiger partial charge in [-0.25, -0.2) is 0 Å². The van der Waals surface area contributed by atoms with Crippen LogP contribution in [0.5, 0.6) is 0 Å². The van der Waals surface area contributed by atoms with Crippen LogP contribution in [0.4, 0.5) is 0 Å². The summed E-state index contributed by atoms with van der Waals surface area (Å²) in [5, 5.41) is 2.40. The van der Waals surface area contributed by atoms with Gasteiger partial charge in [0.25, 0.3) is 0 Å². The van der Waals surface area contributed by atoms with Gasteiger partial charge in [0.05, 0.1) is 28.2 Å². The predicted molar refractivity (Wildman–Crippen MR) is 47.0 cm³/mol. The second-order valence-electron chi connectivity index (χ2n) is 3.78. The van der Waals surface area contributed by atoms with Crippen molar-refractivity contribution in [2.75, 3.05) is 54.4 Å². The van der Waals surface area contributed by atoms with Crippen LogP contribution in [-0.2, 0) is 0 Å². The molecule has 0 saturated carbocycles. The summed E-state index contributed by atoms with van der Waals surface area (Å²) in [4.78, 5) is 3.08. The van der Waals surface area contributed by atoms with E-state index in [9.17, 15) is 0 Å². The minimum atomic E-state index is 1.26. The van der Waals surface area contributed by atoms with Gasteiger partial charge in [0, 0.05) is 0 Å². The lowest BCUT2D eigenvalue weighted by atomic mass is 10.5. The minimum absolute atomic E-state index is 1.26. The first-order chi connectivity index (χ1) is 5.13. The average Bonchev–Trinajstić information content (AvgIpc) is 1.85. The quantitative estimate of drug-likeness (QED) is 0.331. The van der Waals surface area contributed by atoms with E-state index in [2.05, 4.69) is 33.5 Å². The molecule has 68 valence electrons. The zero-order chi connectivity index (χ0) is 8.69. The first-order valence-electron chi connectivity index (χ1n) is 4.52. The van der Waals surface area contributed by atoms with Gasteiger partial charge in [-0.15, -0.1) is 0 Å². The molecule has 0 aromatic heterocycles. The Morgan fingerprint density at radius 2 is 1.18 bits per heavy atom. The summed E-state index contributed by atoms with van der Waals surface area (Å²) < 4.78 is 0. The van der Waals surface area contributed by atoms with E-state index >= 15 is 0 Å². The maximum Gasteiger partial charge on any atom is 0.126 e. The molecule has 0 unspecified atom stereocenters. The number of rotatable bonds is 6. The molecular formula is C8H24N3+3. The zero-order valence-corrected chi connectivity index (χ0v) is 8.41. The fraction of sp³-hybridized carbons (Fsp3) is 1.00. The second-order valence-corrected chi connectivity index (χ2v) is 3.78. The minimum Gasteiger partial charge on any atom is -0.337 e. The Kier molecular flexibility index (Phi) is 6.51. The van der Waals surface area contributed by atoms with E-state index in [-0.39, 0.29) is 0 Å². The van der Waals surface area contributed by atoms with Crippen molar-refractivity contribution < 1.29 is 15.1 Å². The number of hydrogen-bond donors (Lipinski definition) is 3. The molecule has 3 heteroatoms. The first kappa shape index (κ1) is 10.9. The monoisotopic (exact) mass is 162 g/mol. The van der Waals surface area contributed by atoms with Crippen molar-refractivity contribution in [2.24, 2.45) is 0 Å². The molecular weight excluding hydrogens is 138 g/mol. The van der Waals surface area contributed by atoms with E-state index in [1.165, 1.54) is 26.2 Å². The molecule has 0 rings (SSSR count). The van der Waals surface area contributed by atoms with Gasteiger partial charge in [-0.2, -0.15) is 0 Å². The highest BCUT2D eigenvalue weighted by Gasteiger charge is 1.97. The molecule has 11 heavy (non-hydrogen) atoms. The summed E-state index contributed by atoms with van der Waals surface area (Å²) in [6.45, 7) is 5.05. The third-order valence-corrected chi connectivity index (χ3v) is 1.70. The summed E-state index contributed by atoms with van der Waals surface area (Å²) in [5.41, 5.74) is 0. The molecule has 0 aliphatic carbocycles. The van der Waals surface area contributed by atoms with Gasteiger partial charge in [-0.1, -0.05) is 0 Å². The van der Waals surface area contributed by atoms with Crippen LogP contribution >= 0.6 is 0 Å². The van der Waals surface area contributed by atoms with Crippen LogP contribution in [0, 0.1) is 0 Å². The van der Waals surface area contributed by atoms with Crippen LogP contribution in [0.15, 0.2) is 0 Å². The van der Waals surface area contributed by atoms with Crippen LogP contribution < -0.4 is 15.1 Å². The summed E-state index contributed by atoms with van der Waals surface area (Å²) in [5.74, 6) is 0. The molecule has 0 heterocycles. The van der Waals surface area contributed by atoms with E-state index in [1.807, 2.05) is 0 Å². The molecule has 0 aliphatic rings. The smallest absolute Gasteiger partial charge is 0.126 e. The third kappa shape index (κ3) is 9.88. The second kappa shape index (κ2) is 6.58. The molecule has 0 spiro atoms. The SMILES string of the molecule is C[NH+](C)CC[NH2+]CC[NH+](C)C. The van der Waals surface area contributed by atoms with Crippen molar-refractivity contribution in [1.82, 2.24) is 0 Å². The Morgan fingerprint density at radius 1 is 0.818 bits per heavy atom. The summed E-state index contributed by atoms with van der Waals surface area (Å²) >= 11 is 0. The normalized spacial score (nSPS) is 11.5. The Bertz CT molecular complexity index is 71.4. The van der Waals surface area contributed by atoms with E-state index in [0.29, 0.717) is 0 Å². The van der Waals surface area contributed by atoms with Gasteiger partial charge in [0.1, 0.15) is 26.2 Å². The van der Waals surface area contributed by atoms with E-state index in [0.717, 1.165) is 0 Å². The fourth-order valence-corrected chi connectivity index (χ4v) is 0.926. The molecule has 0 fully saturated rings.